The lowest BCUT2D eigenvalue weighted by atomic mass is 10.00. The molecular weight excluding hydrogens is 460 g/mol. The van der Waals surface area contributed by atoms with Crippen molar-refractivity contribution in [2.75, 3.05) is 12.3 Å². The largest absolute Gasteiger partial charge is 0.383 e. The minimum atomic E-state index is 0.0804. The smallest absolute Gasteiger partial charge is 0.254 e. The standard InChI is InChI=1S/C30H28N6O/c1-35-17-22(14-33-35)19-4-7-23-20(12-19)6-9-28(23)36(16-18-2-3-18)30(37)21-5-8-27-25(13-21)26-15-32-11-10-24(26)29(31)34-27/h4-5,7-8,10-15,17-18,28H,2-3,6,9,16H2,1H3,(H2,31,34). The average Bonchev–Trinajstić information content (AvgIpc) is 3.48. The zero-order valence-corrected chi connectivity index (χ0v) is 20.8. The van der Waals surface area contributed by atoms with Gasteiger partial charge in [0.15, 0.2) is 0 Å². The molecule has 0 saturated heterocycles. The van der Waals surface area contributed by atoms with Crippen molar-refractivity contribution in [2.24, 2.45) is 13.0 Å². The summed E-state index contributed by atoms with van der Waals surface area (Å²) < 4.78 is 1.83. The highest BCUT2D eigenvalue weighted by atomic mass is 16.2. The van der Waals surface area contributed by atoms with Crippen molar-refractivity contribution in [3.8, 4) is 11.1 Å². The van der Waals surface area contributed by atoms with E-state index in [0.29, 0.717) is 17.3 Å². The quantitative estimate of drug-likeness (QED) is 0.339. The number of nitrogen functional groups attached to an aromatic ring is 1. The maximum atomic E-state index is 14.1. The van der Waals surface area contributed by atoms with Gasteiger partial charge in [0.05, 0.1) is 17.8 Å². The van der Waals surface area contributed by atoms with Gasteiger partial charge in [-0.25, -0.2) is 4.98 Å². The first-order chi connectivity index (χ1) is 18.0. The lowest BCUT2D eigenvalue weighted by Gasteiger charge is -2.30. The molecule has 0 bridgehead atoms. The van der Waals surface area contributed by atoms with E-state index < -0.39 is 0 Å². The van der Waals surface area contributed by atoms with Gasteiger partial charge in [-0.2, -0.15) is 5.10 Å². The number of anilines is 1. The number of pyridine rings is 2. The highest BCUT2D eigenvalue weighted by molar-refractivity contribution is 6.11. The van der Waals surface area contributed by atoms with Gasteiger partial charge in [-0.05, 0) is 72.6 Å². The Hall–Kier alpha value is -4.26. The molecule has 1 fully saturated rings. The number of carbonyl (C=O) groups is 1. The van der Waals surface area contributed by atoms with E-state index in [1.807, 2.05) is 48.4 Å². The van der Waals surface area contributed by atoms with Gasteiger partial charge in [0, 0.05) is 59.5 Å². The number of aromatic nitrogens is 4. The Kier molecular flexibility index (Phi) is 4.99. The zero-order valence-electron chi connectivity index (χ0n) is 20.8. The normalized spacial score (nSPS) is 16.8. The molecule has 7 heteroatoms. The number of hydrogen-bond acceptors (Lipinski definition) is 5. The molecule has 2 aromatic carbocycles. The SMILES string of the molecule is Cn1cc(-c2ccc3c(c2)CCC3N(CC2CC2)C(=O)c2ccc3nc(N)c4ccncc4c3c2)cn1. The molecule has 184 valence electrons. The number of hydrogen-bond donors (Lipinski definition) is 1. The Morgan fingerprint density at radius 3 is 2.73 bits per heavy atom. The molecule has 1 atom stereocenters. The second-order valence-corrected chi connectivity index (χ2v) is 10.4. The summed E-state index contributed by atoms with van der Waals surface area (Å²) in [6.45, 7) is 0.799. The summed E-state index contributed by atoms with van der Waals surface area (Å²) >= 11 is 0. The fraction of sp³-hybridized carbons (Fsp3) is 0.267. The second-order valence-electron chi connectivity index (χ2n) is 10.4. The monoisotopic (exact) mass is 488 g/mol. The molecule has 0 radical (unpaired) electrons. The highest BCUT2D eigenvalue weighted by Crippen LogP contribution is 2.41. The number of aryl methyl sites for hydroxylation is 2. The van der Waals surface area contributed by atoms with Crippen molar-refractivity contribution in [2.45, 2.75) is 31.7 Å². The number of nitrogens with zero attached hydrogens (tertiary/aromatic N) is 5. The summed E-state index contributed by atoms with van der Waals surface area (Å²) in [4.78, 5) is 25.1. The lowest BCUT2D eigenvalue weighted by Crippen LogP contribution is -2.35. The van der Waals surface area contributed by atoms with Crippen LogP contribution < -0.4 is 5.73 Å². The van der Waals surface area contributed by atoms with E-state index >= 15 is 0 Å². The zero-order chi connectivity index (χ0) is 25.1. The van der Waals surface area contributed by atoms with Crippen LogP contribution in [0.15, 0.2) is 67.3 Å². The van der Waals surface area contributed by atoms with Crippen LogP contribution >= 0.6 is 0 Å². The molecule has 2 N–H and O–H groups in total. The molecule has 2 aliphatic carbocycles. The fourth-order valence-electron chi connectivity index (χ4n) is 5.77. The Morgan fingerprint density at radius 2 is 1.92 bits per heavy atom. The van der Waals surface area contributed by atoms with Crippen LogP contribution in [0.3, 0.4) is 0 Å². The molecule has 1 unspecified atom stereocenters. The summed E-state index contributed by atoms with van der Waals surface area (Å²) in [5.74, 6) is 1.15. The van der Waals surface area contributed by atoms with Crippen LogP contribution in [0.25, 0.3) is 32.8 Å². The van der Waals surface area contributed by atoms with E-state index in [2.05, 4.69) is 38.2 Å². The van der Waals surface area contributed by atoms with Crippen molar-refractivity contribution >= 4 is 33.4 Å². The third-order valence-corrected chi connectivity index (χ3v) is 7.89. The topological polar surface area (TPSA) is 89.9 Å². The van der Waals surface area contributed by atoms with Gasteiger partial charge in [0.1, 0.15) is 5.82 Å². The number of carbonyl (C=O) groups excluding carboxylic acids is 1. The summed E-state index contributed by atoms with van der Waals surface area (Å²) in [6.07, 6.45) is 11.8. The van der Waals surface area contributed by atoms with E-state index in [4.69, 9.17) is 5.73 Å². The van der Waals surface area contributed by atoms with Gasteiger partial charge < -0.3 is 10.6 Å². The molecule has 5 aromatic rings. The molecule has 37 heavy (non-hydrogen) atoms. The molecule has 7 rings (SSSR count). The minimum Gasteiger partial charge on any atom is -0.383 e. The molecule has 3 heterocycles. The first-order valence-corrected chi connectivity index (χ1v) is 12.9. The Labute approximate surface area is 214 Å². The van der Waals surface area contributed by atoms with Crippen molar-refractivity contribution in [1.82, 2.24) is 24.6 Å². The van der Waals surface area contributed by atoms with E-state index in [1.54, 1.807) is 12.4 Å². The molecule has 2 aliphatic rings. The van der Waals surface area contributed by atoms with Gasteiger partial charge in [-0.1, -0.05) is 18.2 Å². The van der Waals surface area contributed by atoms with Crippen molar-refractivity contribution in [1.29, 1.82) is 0 Å². The molecule has 3 aromatic heterocycles. The summed E-state index contributed by atoms with van der Waals surface area (Å²) in [6, 6.07) is 14.4. The lowest BCUT2D eigenvalue weighted by molar-refractivity contribution is 0.0665. The Bertz CT molecular complexity index is 1680. The average molecular weight is 489 g/mol. The number of benzene rings is 2. The molecule has 0 spiro atoms. The van der Waals surface area contributed by atoms with E-state index in [1.165, 1.54) is 29.5 Å². The number of amides is 1. The Morgan fingerprint density at radius 1 is 1.03 bits per heavy atom. The van der Waals surface area contributed by atoms with Gasteiger partial charge in [-0.15, -0.1) is 0 Å². The second kappa shape index (κ2) is 8.40. The van der Waals surface area contributed by atoms with Gasteiger partial charge in [-0.3, -0.25) is 14.5 Å². The van der Waals surface area contributed by atoms with E-state index in [-0.39, 0.29) is 11.9 Å². The van der Waals surface area contributed by atoms with E-state index in [0.717, 1.165) is 46.6 Å². The molecule has 1 amide bonds. The summed E-state index contributed by atoms with van der Waals surface area (Å²) in [5.41, 5.74) is 12.5. The van der Waals surface area contributed by atoms with Crippen molar-refractivity contribution < 1.29 is 4.79 Å². The van der Waals surface area contributed by atoms with Gasteiger partial charge >= 0.3 is 0 Å². The summed E-state index contributed by atoms with van der Waals surface area (Å²) in [7, 11) is 1.94. The van der Waals surface area contributed by atoms with Crippen LogP contribution in [0.2, 0.25) is 0 Å². The maximum Gasteiger partial charge on any atom is 0.254 e. The predicted octanol–water partition coefficient (Wildman–Crippen LogP) is 5.31. The van der Waals surface area contributed by atoms with Crippen LogP contribution in [0.4, 0.5) is 5.82 Å². The fourth-order valence-corrected chi connectivity index (χ4v) is 5.77. The van der Waals surface area contributed by atoms with Gasteiger partial charge in [0.25, 0.3) is 5.91 Å². The molecule has 0 aliphatic heterocycles. The number of fused-ring (bicyclic) bond motifs is 4. The van der Waals surface area contributed by atoms with Crippen molar-refractivity contribution in [3.63, 3.8) is 0 Å². The number of rotatable bonds is 5. The third-order valence-electron chi connectivity index (χ3n) is 7.89. The summed E-state index contributed by atoms with van der Waals surface area (Å²) in [5, 5.41) is 7.00. The molecule has 7 nitrogen and oxygen atoms in total. The Balaban J connectivity index is 1.26. The third kappa shape index (κ3) is 3.82. The van der Waals surface area contributed by atoms with E-state index in [9.17, 15) is 4.79 Å². The first kappa shape index (κ1) is 22.0. The maximum absolute atomic E-state index is 14.1. The van der Waals surface area contributed by atoms with Crippen molar-refractivity contribution in [3.05, 3.63) is 83.9 Å². The molecule has 1 saturated carbocycles. The van der Waals surface area contributed by atoms with Crippen LogP contribution in [0.5, 0.6) is 0 Å². The molecular formula is C30H28N6O. The minimum absolute atomic E-state index is 0.0804. The first-order valence-electron chi connectivity index (χ1n) is 12.9. The van der Waals surface area contributed by atoms with Gasteiger partial charge in [0.2, 0.25) is 0 Å². The van der Waals surface area contributed by atoms with Crippen LogP contribution in [-0.4, -0.2) is 37.1 Å². The van der Waals surface area contributed by atoms with Crippen LogP contribution in [0, 0.1) is 5.92 Å². The predicted molar refractivity (Wildman–Crippen MR) is 145 cm³/mol. The van der Waals surface area contributed by atoms with Crippen LogP contribution in [0.1, 0.15) is 46.8 Å². The van der Waals surface area contributed by atoms with Crippen LogP contribution in [-0.2, 0) is 13.5 Å². The highest BCUT2D eigenvalue weighted by Gasteiger charge is 2.35. The number of nitrogens with two attached hydrogens (primary N) is 1.